The normalized spacial score (nSPS) is 13.8. The number of nitrogens with two attached hydrogens (primary N) is 1. The molecule has 0 aromatic heterocycles. The van der Waals surface area contributed by atoms with Gasteiger partial charge in [0.2, 0.25) is 0 Å². The molecule has 0 amide bonds. The van der Waals surface area contributed by atoms with E-state index in [4.69, 9.17) is 10.5 Å². The fourth-order valence-corrected chi connectivity index (χ4v) is 0.894. The topological polar surface area (TPSA) is 64.3 Å². The minimum absolute atomic E-state index is 0.213. The maximum Gasteiger partial charge on any atom is 0.323 e. The SMILES string of the molecule is CC(NCCCN)C(=O)OC(C)(C)C. The van der Waals surface area contributed by atoms with Crippen LogP contribution >= 0.6 is 0 Å². The van der Waals surface area contributed by atoms with Gasteiger partial charge in [-0.1, -0.05) is 0 Å². The average Bonchev–Trinajstić information content (AvgIpc) is 2.01. The maximum absolute atomic E-state index is 11.4. The summed E-state index contributed by atoms with van der Waals surface area (Å²) < 4.78 is 5.20. The first-order valence-electron chi connectivity index (χ1n) is 5.03. The molecule has 1 unspecified atom stereocenters. The van der Waals surface area contributed by atoms with Crippen LogP contribution in [0.4, 0.5) is 0 Å². The van der Waals surface area contributed by atoms with Gasteiger partial charge in [0.1, 0.15) is 11.6 Å². The minimum Gasteiger partial charge on any atom is -0.459 e. The number of carbonyl (C=O) groups is 1. The van der Waals surface area contributed by atoms with E-state index in [9.17, 15) is 4.79 Å². The van der Waals surface area contributed by atoms with Crippen molar-refractivity contribution in [3.05, 3.63) is 0 Å². The molecular formula is C10H22N2O2. The number of ether oxygens (including phenoxy) is 1. The van der Waals surface area contributed by atoms with Crippen LogP contribution in [0, 0.1) is 0 Å². The van der Waals surface area contributed by atoms with Crippen LogP contribution in [0.2, 0.25) is 0 Å². The van der Waals surface area contributed by atoms with Gasteiger partial charge in [-0.2, -0.15) is 0 Å². The Morgan fingerprint density at radius 3 is 2.50 bits per heavy atom. The Kier molecular flexibility index (Phi) is 5.72. The van der Waals surface area contributed by atoms with E-state index in [1.807, 2.05) is 20.8 Å². The van der Waals surface area contributed by atoms with Crippen LogP contribution in [0.3, 0.4) is 0 Å². The van der Waals surface area contributed by atoms with Crippen LogP contribution in [0.1, 0.15) is 34.1 Å². The van der Waals surface area contributed by atoms with Gasteiger partial charge in [0.25, 0.3) is 0 Å². The number of esters is 1. The zero-order valence-corrected chi connectivity index (χ0v) is 9.59. The molecule has 0 aliphatic heterocycles. The van der Waals surface area contributed by atoms with Crippen molar-refractivity contribution in [1.29, 1.82) is 0 Å². The quantitative estimate of drug-likeness (QED) is 0.507. The highest BCUT2D eigenvalue weighted by atomic mass is 16.6. The minimum atomic E-state index is -0.416. The molecule has 3 N–H and O–H groups in total. The van der Waals surface area contributed by atoms with Crippen molar-refractivity contribution in [3.63, 3.8) is 0 Å². The first kappa shape index (κ1) is 13.4. The highest BCUT2D eigenvalue weighted by molar-refractivity contribution is 5.75. The molecule has 0 saturated carbocycles. The molecule has 4 nitrogen and oxygen atoms in total. The predicted molar refractivity (Wildman–Crippen MR) is 57.0 cm³/mol. The first-order chi connectivity index (χ1) is 6.37. The van der Waals surface area contributed by atoms with Crippen LogP contribution in [-0.4, -0.2) is 30.7 Å². The third-order valence-electron chi connectivity index (χ3n) is 1.59. The summed E-state index contributed by atoms with van der Waals surface area (Å²) in [6, 6.07) is -0.263. The van der Waals surface area contributed by atoms with Gasteiger partial charge in [-0.25, -0.2) is 0 Å². The van der Waals surface area contributed by atoms with Gasteiger partial charge in [-0.05, 0) is 47.2 Å². The number of hydrogen-bond donors (Lipinski definition) is 2. The summed E-state index contributed by atoms with van der Waals surface area (Å²) in [6.07, 6.45) is 0.868. The van der Waals surface area contributed by atoms with Crippen molar-refractivity contribution in [3.8, 4) is 0 Å². The highest BCUT2D eigenvalue weighted by Gasteiger charge is 2.20. The Labute approximate surface area is 86.2 Å². The van der Waals surface area contributed by atoms with E-state index in [0.717, 1.165) is 13.0 Å². The fraction of sp³-hybridized carbons (Fsp3) is 0.900. The summed E-state index contributed by atoms with van der Waals surface area (Å²) in [5.41, 5.74) is 4.92. The largest absolute Gasteiger partial charge is 0.459 e. The zero-order chi connectivity index (χ0) is 11.2. The van der Waals surface area contributed by atoms with Gasteiger partial charge in [-0.3, -0.25) is 4.79 Å². The van der Waals surface area contributed by atoms with Crippen LogP contribution in [0.5, 0.6) is 0 Å². The summed E-state index contributed by atoms with van der Waals surface area (Å²) >= 11 is 0. The second-order valence-electron chi connectivity index (χ2n) is 4.35. The molecule has 0 aromatic carbocycles. The monoisotopic (exact) mass is 202 g/mol. The molecule has 0 heterocycles. The van der Waals surface area contributed by atoms with E-state index < -0.39 is 5.60 Å². The zero-order valence-electron chi connectivity index (χ0n) is 9.59. The average molecular weight is 202 g/mol. The lowest BCUT2D eigenvalue weighted by Gasteiger charge is -2.22. The maximum atomic E-state index is 11.4. The molecule has 4 heteroatoms. The molecule has 0 aliphatic carbocycles. The molecule has 0 saturated heterocycles. The van der Waals surface area contributed by atoms with Crippen molar-refractivity contribution in [2.24, 2.45) is 5.73 Å². The van der Waals surface area contributed by atoms with E-state index >= 15 is 0 Å². The van der Waals surface area contributed by atoms with Gasteiger partial charge >= 0.3 is 5.97 Å². The lowest BCUT2D eigenvalue weighted by molar-refractivity contribution is -0.156. The van der Waals surface area contributed by atoms with Gasteiger partial charge in [0.05, 0.1) is 0 Å². The van der Waals surface area contributed by atoms with Crippen LogP contribution in [0.15, 0.2) is 0 Å². The standard InChI is InChI=1S/C10H22N2O2/c1-8(12-7-5-6-11)9(13)14-10(2,3)4/h8,12H,5-7,11H2,1-4H3. The van der Waals surface area contributed by atoms with Crippen molar-refractivity contribution < 1.29 is 9.53 Å². The molecule has 0 aromatic rings. The number of carbonyl (C=O) groups excluding carboxylic acids is 1. The van der Waals surface area contributed by atoms with Gasteiger partial charge in [-0.15, -0.1) is 0 Å². The van der Waals surface area contributed by atoms with Crippen LogP contribution < -0.4 is 11.1 Å². The molecule has 1 atom stereocenters. The van der Waals surface area contributed by atoms with Crippen LogP contribution in [-0.2, 0) is 9.53 Å². The number of rotatable bonds is 5. The number of hydrogen-bond acceptors (Lipinski definition) is 4. The Morgan fingerprint density at radius 1 is 1.50 bits per heavy atom. The lowest BCUT2D eigenvalue weighted by Crippen LogP contribution is -2.39. The second kappa shape index (κ2) is 5.98. The fourth-order valence-electron chi connectivity index (χ4n) is 0.894. The smallest absolute Gasteiger partial charge is 0.323 e. The summed E-state index contributed by atoms with van der Waals surface area (Å²) in [5, 5.41) is 3.05. The van der Waals surface area contributed by atoms with Crippen LogP contribution in [0.25, 0.3) is 0 Å². The third-order valence-corrected chi connectivity index (χ3v) is 1.59. The molecule has 0 rings (SSSR count). The second-order valence-corrected chi connectivity index (χ2v) is 4.35. The Balaban J connectivity index is 3.77. The Bertz CT molecular complexity index is 175. The summed E-state index contributed by atoms with van der Waals surface area (Å²) in [6.45, 7) is 8.75. The Morgan fingerprint density at radius 2 is 2.07 bits per heavy atom. The molecule has 0 spiro atoms. The van der Waals surface area contributed by atoms with Crippen molar-refractivity contribution >= 4 is 5.97 Å². The molecular weight excluding hydrogens is 180 g/mol. The first-order valence-corrected chi connectivity index (χ1v) is 5.03. The predicted octanol–water partition coefficient (Wildman–Crippen LogP) is 0.655. The Hall–Kier alpha value is -0.610. The molecule has 0 bridgehead atoms. The third kappa shape index (κ3) is 6.86. The lowest BCUT2D eigenvalue weighted by atomic mass is 10.2. The van der Waals surface area contributed by atoms with E-state index in [1.54, 1.807) is 6.92 Å². The molecule has 0 aliphatic rings. The van der Waals surface area contributed by atoms with E-state index in [2.05, 4.69) is 5.32 Å². The van der Waals surface area contributed by atoms with E-state index in [1.165, 1.54) is 0 Å². The van der Waals surface area contributed by atoms with Crippen molar-refractivity contribution in [2.75, 3.05) is 13.1 Å². The van der Waals surface area contributed by atoms with Gasteiger partial charge in [0.15, 0.2) is 0 Å². The van der Waals surface area contributed by atoms with E-state index in [-0.39, 0.29) is 12.0 Å². The number of nitrogens with one attached hydrogen (secondary N) is 1. The summed E-state index contributed by atoms with van der Waals surface area (Å²) in [7, 11) is 0. The molecule has 0 fully saturated rings. The van der Waals surface area contributed by atoms with Gasteiger partial charge in [0, 0.05) is 0 Å². The van der Waals surface area contributed by atoms with E-state index in [0.29, 0.717) is 6.54 Å². The summed E-state index contributed by atoms with van der Waals surface area (Å²) in [5.74, 6) is -0.213. The van der Waals surface area contributed by atoms with Crippen molar-refractivity contribution in [2.45, 2.75) is 45.8 Å². The molecule has 14 heavy (non-hydrogen) atoms. The van der Waals surface area contributed by atoms with Crippen molar-refractivity contribution in [1.82, 2.24) is 5.32 Å². The van der Waals surface area contributed by atoms with Gasteiger partial charge < -0.3 is 15.8 Å². The molecule has 84 valence electrons. The molecule has 0 radical (unpaired) electrons. The highest BCUT2D eigenvalue weighted by Crippen LogP contribution is 2.08. The summed E-state index contributed by atoms with van der Waals surface area (Å²) in [4.78, 5) is 11.4.